The van der Waals surface area contributed by atoms with Crippen LogP contribution in [0.25, 0.3) is 5.76 Å². The van der Waals surface area contributed by atoms with Gasteiger partial charge in [-0.2, -0.15) is 0 Å². The number of hydrogen-bond donors (Lipinski definition) is 1. The lowest BCUT2D eigenvalue weighted by Gasteiger charge is -2.38. The van der Waals surface area contributed by atoms with E-state index in [0.29, 0.717) is 43.8 Å². The average molecular weight is 506 g/mol. The van der Waals surface area contributed by atoms with E-state index in [1.54, 1.807) is 41.1 Å². The van der Waals surface area contributed by atoms with Crippen LogP contribution in [-0.2, 0) is 19.7 Å². The van der Waals surface area contributed by atoms with Gasteiger partial charge in [0.25, 0.3) is 11.7 Å². The number of ketones is 1. The van der Waals surface area contributed by atoms with Crippen molar-refractivity contribution in [3.63, 3.8) is 0 Å². The van der Waals surface area contributed by atoms with Crippen LogP contribution in [0.3, 0.4) is 0 Å². The predicted octanol–water partition coefficient (Wildman–Crippen LogP) is 4.73. The van der Waals surface area contributed by atoms with Crippen LogP contribution in [0.2, 0.25) is 0 Å². The fraction of sp³-hybridized carbons (Fsp3) is 0.448. The van der Waals surface area contributed by atoms with Crippen molar-refractivity contribution in [2.45, 2.75) is 65.0 Å². The number of aryl methyl sites for hydroxylation is 1. The number of likely N-dealkylation sites (tertiary alicyclic amines) is 2. The molecule has 2 saturated heterocycles. The Hall–Kier alpha value is -3.68. The van der Waals surface area contributed by atoms with Gasteiger partial charge in [-0.1, -0.05) is 39.0 Å². The van der Waals surface area contributed by atoms with Crippen molar-refractivity contribution in [3.8, 4) is 0 Å². The molecule has 2 amide bonds. The Kier molecular flexibility index (Phi) is 7.39. The monoisotopic (exact) mass is 505 g/mol. The predicted molar refractivity (Wildman–Crippen MR) is 140 cm³/mol. The molecule has 1 aromatic carbocycles. The zero-order valence-corrected chi connectivity index (χ0v) is 22.2. The first-order valence-corrected chi connectivity index (χ1v) is 12.8. The van der Waals surface area contributed by atoms with Crippen LogP contribution in [0, 0.1) is 6.92 Å². The van der Waals surface area contributed by atoms with Gasteiger partial charge in [0.05, 0.1) is 17.9 Å². The lowest BCUT2D eigenvalue weighted by atomic mass is 9.84. The van der Waals surface area contributed by atoms with E-state index in [0.717, 1.165) is 11.1 Å². The molecule has 1 aromatic heterocycles. The Morgan fingerprint density at radius 2 is 1.84 bits per heavy atom. The van der Waals surface area contributed by atoms with Crippen molar-refractivity contribution in [2.24, 2.45) is 0 Å². The van der Waals surface area contributed by atoms with Gasteiger partial charge in [-0.15, -0.1) is 0 Å². The number of amides is 2. The molecule has 1 unspecified atom stereocenters. The molecular formula is C29H35N3O5. The number of benzene rings is 1. The molecule has 0 bridgehead atoms. The third kappa shape index (κ3) is 5.10. The van der Waals surface area contributed by atoms with Crippen LogP contribution in [0.5, 0.6) is 0 Å². The fourth-order valence-electron chi connectivity index (χ4n) is 5.08. The molecule has 0 aliphatic carbocycles. The van der Waals surface area contributed by atoms with Crippen LogP contribution >= 0.6 is 0 Å². The lowest BCUT2D eigenvalue weighted by Crippen LogP contribution is -2.48. The lowest BCUT2D eigenvalue weighted by molar-refractivity contribution is -0.142. The number of piperidine rings is 1. The summed E-state index contributed by atoms with van der Waals surface area (Å²) in [7, 11) is 0. The summed E-state index contributed by atoms with van der Waals surface area (Å²) in [5.41, 5.74) is 2.74. The minimum Gasteiger partial charge on any atom is -0.507 e. The van der Waals surface area contributed by atoms with Gasteiger partial charge in [-0.25, -0.2) is 4.79 Å². The zero-order chi connectivity index (χ0) is 26.9. The summed E-state index contributed by atoms with van der Waals surface area (Å²) in [4.78, 5) is 46.8. The fourth-order valence-corrected chi connectivity index (χ4v) is 5.08. The Morgan fingerprint density at radius 1 is 1.14 bits per heavy atom. The van der Waals surface area contributed by atoms with Crippen molar-refractivity contribution >= 4 is 23.5 Å². The molecule has 2 aliphatic rings. The molecule has 196 valence electrons. The minimum absolute atomic E-state index is 0.0469. The number of hydrogen-bond acceptors (Lipinski definition) is 6. The highest BCUT2D eigenvalue weighted by molar-refractivity contribution is 6.46. The van der Waals surface area contributed by atoms with E-state index >= 15 is 0 Å². The second kappa shape index (κ2) is 10.4. The van der Waals surface area contributed by atoms with Gasteiger partial charge in [0.2, 0.25) is 0 Å². The third-order valence-corrected chi connectivity index (χ3v) is 7.19. The number of carbonyl (C=O) groups is 3. The maximum Gasteiger partial charge on any atom is 0.409 e. The minimum atomic E-state index is -0.821. The van der Waals surface area contributed by atoms with Gasteiger partial charge in [0.15, 0.2) is 0 Å². The molecule has 3 heterocycles. The quantitative estimate of drug-likeness (QED) is 0.366. The molecule has 0 radical (unpaired) electrons. The molecule has 8 nitrogen and oxygen atoms in total. The Bertz CT molecular complexity index is 1220. The Labute approximate surface area is 217 Å². The molecule has 1 atom stereocenters. The maximum atomic E-state index is 13.5. The van der Waals surface area contributed by atoms with Gasteiger partial charge in [-0.3, -0.25) is 14.6 Å². The second-order valence-electron chi connectivity index (χ2n) is 10.7. The van der Waals surface area contributed by atoms with E-state index < -0.39 is 17.7 Å². The van der Waals surface area contributed by atoms with E-state index in [1.165, 1.54) is 0 Å². The van der Waals surface area contributed by atoms with Gasteiger partial charge in [0, 0.05) is 30.9 Å². The van der Waals surface area contributed by atoms with Gasteiger partial charge in [0.1, 0.15) is 11.8 Å². The van der Waals surface area contributed by atoms with E-state index in [-0.39, 0.29) is 28.9 Å². The Morgan fingerprint density at radius 3 is 2.43 bits per heavy atom. The van der Waals surface area contributed by atoms with Crippen molar-refractivity contribution in [1.29, 1.82) is 0 Å². The number of aliphatic hydroxyl groups excluding tert-OH is 1. The van der Waals surface area contributed by atoms with Crippen LogP contribution < -0.4 is 0 Å². The third-order valence-electron chi connectivity index (χ3n) is 7.19. The molecule has 2 aromatic rings. The summed E-state index contributed by atoms with van der Waals surface area (Å²) in [5, 5.41) is 11.6. The number of aromatic nitrogens is 1. The second-order valence-corrected chi connectivity index (χ2v) is 10.7. The van der Waals surface area contributed by atoms with Crippen molar-refractivity contribution in [3.05, 3.63) is 70.6 Å². The van der Waals surface area contributed by atoms with E-state index in [9.17, 15) is 19.5 Å². The zero-order valence-electron chi connectivity index (χ0n) is 22.2. The molecular weight excluding hydrogens is 470 g/mol. The molecule has 8 heteroatoms. The first kappa shape index (κ1) is 26.4. The largest absolute Gasteiger partial charge is 0.507 e. The first-order valence-electron chi connectivity index (χ1n) is 12.8. The summed E-state index contributed by atoms with van der Waals surface area (Å²) in [6, 6.07) is 10.1. The number of pyridine rings is 1. The summed E-state index contributed by atoms with van der Waals surface area (Å²) in [6.07, 6.45) is 2.23. The highest BCUT2D eigenvalue weighted by atomic mass is 16.6. The molecule has 0 saturated carbocycles. The van der Waals surface area contributed by atoms with Crippen LogP contribution in [-0.4, -0.2) is 63.4 Å². The van der Waals surface area contributed by atoms with Crippen molar-refractivity contribution in [2.75, 3.05) is 19.7 Å². The number of carbonyl (C=O) groups excluding carboxylic acids is 3. The van der Waals surface area contributed by atoms with Gasteiger partial charge in [-0.05, 0) is 61.4 Å². The highest BCUT2D eigenvalue weighted by Crippen LogP contribution is 2.42. The van der Waals surface area contributed by atoms with E-state index in [4.69, 9.17) is 4.74 Å². The van der Waals surface area contributed by atoms with Gasteiger partial charge >= 0.3 is 6.09 Å². The maximum absolute atomic E-state index is 13.5. The number of aliphatic hydroxyl groups is 1. The van der Waals surface area contributed by atoms with Crippen LogP contribution in [0.1, 0.15) is 69.0 Å². The van der Waals surface area contributed by atoms with Crippen LogP contribution in [0.15, 0.2) is 48.2 Å². The van der Waals surface area contributed by atoms with Crippen LogP contribution in [0.4, 0.5) is 4.79 Å². The smallest absolute Gasteiger partial charge is 0.409 e. The normalized spacial score (nSPS) is 20.4. The topological polar surface area (TPSA) is 100 Å². The van der Waals surface area contributed by atoms with Crippen molar-refractivity contribution in [1.82, 2.24) is 14.8 Å². The average Bonchev–Trinajstić information content (AvgIpc) is 3.14. The molecule has 1 N–H and O–H groups in total. The molecule has 37 heavy (non-hydrogen) atoms. The number of nitrogens with zero attached hydrogens (tertiary/aromatic N) is 3. The van der Waals surface area contributed by atoms with Crippen molar-refractivity contribution < 1.29 is 24.2 Å². The first-order chi connectivity index (χ1) is 17.5. The molecule has 2 aliphatic heterocycles. The standard InChI is InChI=1S/C29H35N3O5/c1-6-37-28(36)31-15-12-20(13-16-31)32-24(22-9-7-8-14-30-22)23(26(34)27(32)35)25(33)21-17-19(29(3,4)5)11-10-18(21)2/h7-11,14,17,20,24,33H,6,12-13,15-16H2,1-5H3/b25-23+. The number of rotatable bonds is 4. The molecule has 0 spiro atoms. The highest BCUT2D eigenvalue weighted by Gasteiger charge is 2.50. The number of Topliss-reactive ketones (excluding diaryl/α,β-unsaturated/α-hetero) is 1. The molecule has 4 rings (SSSR count). The molecule has 2 fully saturated rings. The summed E-state index contributed by atoms with van der Waals surface area (Å²) < 4.78 is 5.11. The SMILES string of the molecule is CCOC(=O)N1CCC(N2C(=O)C(=O)/C(=C(/O)c3cc(C(C)(C)C)ccc3C)C2c2ccccn2)CC1. The number of ether oxygens (including phenoxy) is 1. The summed E-state index contributed by atoms with van der Waals surface area (Å²) in [6.45, 7) is 11.0. The Balaban J connectivity index is 1.78. The summed E-state index contributed by atoms with van der Waals surface area (Å²) >= 11 is 0. The summed E-state index contributed by atoms with van der Waals surface area (Å²) in [5.74, 6) is -1.57. The van der Waals surface area contributed by atoms with E-state index in [1.807, 2.05) is 25.1 Å². The van der Waals surface area contributed by atoms with E-state index in [2.05, 4.69) is 25.8 Å². The van der Waals surface area contributed by atoms with Gasteiger partial charge < -0.3 is 19.6 Å².